The SMILES string of the molecule is CC(C)NC(=O)c1ccncc1Cl. The Morgan fingerprint density at radius 3 is 2.85 bits per heavy atom. The molecule has 70 valence electrons. The van der Waals surface area contributed by atoms with Gasteiger partial charge in [0.15, 0.2) is 0 Å². The van der Waals surface area contributed by atoms with E-state index in [1.165, 1.54) is 6.20 Å². The average Bonchev–Trinajstić information content (AvgIpc) is 2.03. The van der Waals surface area contributed by atoms with Crippen LogP contribution in [0.25, 0.3) is 0 Å². The van der Waals surface area contributed by atoms with Crippen LogP contribution >= 0.6 is 11.6 Å². The number of halogens is 1. The van der Waals surface area contributed by atoms with Gasteiger partial charge in [-0.1, -0.05) is 11.6 Å². The van der Waals surface area contributed by atoms with E-state index in [1.807, 2.05) is 13.8 Å². The molecule has 4 heteroatoms. The molecule has 0 saturated carbocycles. The Bertz CT molecular complexity index is 312. The van der Waals surface area contributed by atoms with E-state index in [1.54, 1.807) is 12.3 Å². The Labute approximate surface area is 82.1 Å². The summed E-state index contributed by atoms with van der Waals surface area (Å²) >= 11 is 5.78. The quantitative estimate of drug-likeness (QED) is 0.789. The van der Waals surface area contributed by atoms with Crippen molar-refractivity contribution >= 4 is 17.5 Å². The maximum absolute atomic E-state index is 11.5. The highest BCUT2D eigenvalue weighted by Crippen LogP contribution is 2.12. The van der Waals surface area contributed by atoms with Crippen LogP contribution in [0.1, 0.15) is 24.2 Å². The van der Waals surface area contributed by atoms with Gasteiger partial charge in [0, 0.05) is 18.4 Å². The number of carbonyl (C=O) groups is 1. The third kappa shape index (κ3) is 2.70. The van der Waals surface area contributed by atoms with Gasteiger partial charge in [0.05, 0.1) is 10.6 Å². The summed E-state index contributed by atoms with van der Waals surface area (Å²) in [4.78, 5) is 15.2. The van der Waals surface area contributed by atoms with Gasteiger partial charge >= 0.3 is 0 Å². The van der Waals surface area contributed by atoms with E-state index in [4.69, 9.17) is 11.6 Å². The smallest absolute Gasteiger partial charge is 0.253 e. The molecule has 0 atom stereocenters. The van der Waals surface area contributed by atoms with Crippen LogP contribution < -0.4 is 5.32 Å². The largest absolute Gasteiger partial charge is 0.350 e. The molecule has 1 aromatic heterocycles. The fraction of sp³-hybridized carbons (Fsp3) is 0.333. The second-order valence-corrected chi connectivity index (χ2v) is 3.39. The molecule has 0 saturated heterocycles. The van der Waals surface area contributed by atoms with Gasteiger partial charge in [-0.05, 0) is 19.9 Å². The minimum absolute atomic E-state index is 0.108. The number of carbonyl (C=O) groups excluding carboxylic acids is 1. The zero-order valence-electron chi connectivity index (χ0n) is 7.54. The lowest BCUT2D eigenvalue weighted by molar-refractivity contribution is 0.0943. The van der Waals surface area contributed by atoms with Crippen molar-refractivity contribution in [3.63, 3.8) is 0 Å². The highest BCUT2D eigenvalue weighted by molar-refractivity contribution is 6.33. The average molecular weight is 199 g/mol. The van der Waals surface area contributed by atoms with E-state index in [-0.39, 0.29) is 11.9 Å². The Kier molecular flexibility index (Phi) is 3.25. The van der Waals surface area contributed by atoms with Crippen LogP contribution in [0.15, 0.2) is 18.5 Å². The number of nitrogens with zero attached hydrogens (tertiary/aromatic N) is 1. The number of hydrogen-bond acceptors (Lipinski definition) is 2. The second-order valence-electron chi connectivity index (χ2n) is 2.98. The highest BCUT2D eigenvalue weighted by atomic mass is 35.5. The van der Waals surface area contributed by atoms with Crippen molar-refractivity contribution in [2.24, 2.45) is 0 Å². The molecule has 3 nitrogen and oxygen atoms in total. The first-order valence-corrected chi connectivity index (χ1v) is 4.39. The van der Waals surface area contributed by atoms with Crippen molar-refractivity contribution in [2.45, 2.75) is 19.9 Å². The summed E-state index contributed by atoms with van der Waals surface area (Å²) in [5.74, 6) is -0.164. The number of rotatable bonds is 2. The molecule has 13 heavy (non-hydrogen) atoms. The topological polar surface area (TPSA) is 42.0 Å². The minimum atomic E-state index is -0.164. The van der Waals surface area contributed by atoms with Crippen molar-refractivity contribution in [1.82, 2.24) is 10.3 Å². The standard InChI is InChI=1S/C9H11ClN2O/c1-6(2)12-9(13)7-3-4-11-5-8(7)10/h3-6H,1-2H3,(H,12,13). The fourth-order valence-electron chi connectivity index (χ4n) is 0.899. The van der Waals surface area contributed by atoms with Crippen molar-refractivity contribution in [3.8, 4) is 0 Å². The van der Waals surface area contributed by atoms with Crippen molar-refractivity contribution in [3.05, 3.63) is 29.0 Å². The first kappa shape index (κ1) is 9.99. The van der Waals surface area contributed by atoms with Gasteiger partial charge in [0.1, 0.15) is 0 Å². The molecule has 0 aromatic carbocycles. The molecular weight excluding hydrogens is 188 g/mol. The Morgan fingerprint density at radius 2 is 2.31 bits per heavy atom. The number of nitrogens with one attached hydrogen (secondary N) is 1. The first-order valence-electron chi connectivity index (χ1n) is 4.01. The molecule has 0 aliphatic heterocycles. The Hall–Kier alpha value is -1.09. The molecule has 0 bridgehead atoms. The molecule has 0 unspecified atom stereocenters. The third-order valence-corrected chi connectivity index (χ3v) is 1.74. The van der Waals surface area contributed by atoms with Crippen LogP contribution in [0.4, 0.5) is 0 Å². The molecule has 1 amide bonds. The van der Waals surface area contributed by atoms with E-state index >= 15 is 0 Å². The van der Waals surface area contributed by atoms with Crippen LogP contribution in [-0.2, 0) is 0 Å². The monoisotopic (exact) mass is 198 g/mol. The van der Waals surface area contributed by atoms with Gasteiger partial charge in [-0.15, -0.1) is 0 Å². The van der Waals surface area contributed by atoms with E-state index in [0.29, 0.717) is 10.6 Å². The fourth-order valence-corrected chi connectivity index (χ4v) is 1.10. The summed E-state index contributed by atoms with van der Waals surface area (Å²) < 4.78 is 0. The number of amides is 1. The van der Waals surface area contributed by atoms with Crippen LogP contribution in [0.5, 0.6) is 0 Å². The summed E-state index contributed by atoms with van der Waals surface area (Å²) in [6.45, 7) is 3.79. The molecule has 0 spiro atoms. The zero-order valence-corrected chi connectivity index (χ0v) is 8.30. The second kappa shape index (κ2) is 4.23. The van der Waals surface area contributed by atoms with Gasteiger partial charge in [0.25, 0.3) is 5.91 Å². The maximum Gasteiger partial charge on any atom is 0.253 e. The lowest BCUT2D eigenvalue weighted by atomic mass is 10.2. The van der Waals surface area contributed by atoms with Crippen molar-refractivity contribution in [1.29, 1.82) is 0 Å². The summed E-state index contributed by atoms with van der Waals surface area (Å²) in [6, 6.07) is 1.71. The Balaban J connectivity index is 2.83. The Morgan fingerprint density at radius 1 is 1.62 bits per heavy atom. The predicted molar refractivity (Wildman–Crippen MR) is 51.8 cm³/mol. The third-order valence-electron chi connectivity index (χ3n) is 1.44. The summed E-state index contributed by atoms with van der Waals surface area (Å²) in [7, 11) is 0. The molecule has 1 rings (SSSR count). The predicted octanol–water partition coefficient (Wildman–Crippen LogP) is 1.87. The van der Waals surface area contributed by atoms with Gasteiger partial charge in [-0.3, -0.25) is 9.78 Å². The summed E-state index contributed by atoms with van der Waals surface area (Å²) in [6.07, 6.45) is 3.00. The van der Waals surface area contributed by atoms with Gasteiger partial charge < -0.3 is 5.32 Å². The molecular formula is C9H11ClN2O. The van der Waals surface area contributed by atoms with Crippen molar-refractivity contribution in [2.75, 3.05) is 0 Å². The van der Waals surface area contributed by atoms with Crippen LogP contribution in [0.2, 0.25) is 5.02 Å². The first-order chi connectivity index (χ1) is 6.11. The lowest BCUT2D eigenvalue weighted by Crippen LogP contribution is -2.30. The molecule has 1 aromatic rings. The molecule has 0 radical (unpaired) electrons. The van der Waals surface area contributed by atoms with Crippen LogP contribution in [0.3, 0.4) is 0 Å². The number of hydrogen-bond donors (Lipinski definition) is 1. The minimum Gasteiger partial charge on any atom is -0.350 e. The molecule has 0 aliphatic rings. The van der Waals surface area contributed by atoms with E-state index in [9.17, 15) is 4.79 Å². The molecule has 1 heterocycles. The van der Waals surface area contributed by atoms with Crippen molar-refractivity contribution < 1.29 is 4.79 Å². The summed E-state index contributed by atoms with van der Waals surface area (Å²) in [5, 5.41) is 3.12. The van der Waals surface area contributed by atoms with Gasteiger partial charge in [0.2, 0.25) is 0 Å². The lowest BCUT2D eigenvalue weighted by Gasteiger charge is -2.08. The normalized spacial score (nSPS) is 10.2. The molecule has 1 N–H and O–H groups in total. The maximum atomic E-state index is 11.5. The molecule has 0 aliphatic carbocycles. The van der Waals surface area contributed by atoms with E-state index < -0.39 is 0 Å². The molecule has 0 fully saturated rings. The van der Waals surface area contributed by atoms with Crippen LogP contribution in [-0.4, -0.2) is 16.9 Å². The van der Waals surface area contributed by atoms with E-state index in [2.05, 4.69) is 10.3 Å². The van der Waals surface area contributed by atoms with Gasteiger partial charge in [-0.2, -0.15) is 0 Å². The summed E-state index contributed by atoms with van der Waals surface area (Å²) in [5.41, 5.74) is 0.463. The number of pyridine rings is 1. The van der Waals surface area contributed by atoms with Gasteiger partial charge in [-0.25, -0.2) is 0 Å². The highest BCUT2D eigenvalue weighted by Gasteiger charge is 2.09. The number of aromatic nitrogens is 1. The zero-order chi connectivity index (χ0) is 9.84. The van der Waals surface area contributed by atoms with E-state index in [0.717, 1.165) is 0 Å². The van der Waals surface area contributed by atoms with Crippen LogP contribution in [0, 0.1) is 0 Å².